The third-order valence-corrected chi connectivity index (χ3v) is 6.17. The van der Waals surface area contributed by atoms with Crippen molar-refractivity contribution < 1.29 is 18.3 Å². The first-order chi connectivity index (χ1) is 16.2. The van der Waals surface area contributed by atoms with Crippen LogP contribution in [0.1, 0.15) is 15.9 Å². The van der Waals surface area contributed by atoms with Crippen LogP contribution in [-0.2, 0) is 6.42 Å². The largest absolute Gasteiger partial charge is 0.453 e. The van der Waals surface area contributed by atoms with Gasteiger partial charge in [-0.1, -0.05) is 17.7 Å². The van der Waals surface area contributed by atoms with E-state index in [4.69, 9.17) is 22.1 Å². The maximum Gasteiger partial charge on any atom is 0.267 e. The summed E-state index contributed by atoms with van der Waals surface area (Å²) in [5.74, 6) is -1.57. The van der Waals surface area contributed by atoms with Crippen LogP contribution in [0.15, 0.2) is 71.8 Å². The molecule has 6 nitrogen and oxygen atoms in total. The Labute approximate surface area is 211 Å². The van der Waals surface area contributed by atoms with Crippen molar-refractivity contribution in [3.63, 3.8) is 0 Å². The molecule has 0 aliphatic heterocycles. The molecule has 0 unspecified atom stereocenters. The van der Waals surface area contributed by atoms with Crippen molar-refractivity contribution in [2.75, 3.05) is 5.73 Å². The quantitative estimate of drug-likeness (QED) is 0.233. The number of aromatic nitrogens is 2. The molecule has 4 aromatic rings. The number of rotatable bonds is 6. The van der Waals surface area contributed by atoms with Gasteiger partial charge in [0.2, 0.25) is 0 Å². The van der Waals surface area contributed by atoms with Crippen LogP contribution in [0.4, 0.5) is 14.6 Å². The fraction of sp³-hybridized carbons (Fsp3) is 0.0417. The van der Waals surface area contributed by atoms with Crippen LogP contribution in [0, 0.1) is 15.2 Å². The highest BCUT2D eigenvalue weighted by Gasteiger charge is 2.19. The molecule has 34 heavy (non-hydrogen) atoms. The van der Waals surface area contributed by atoms with E-state index in [-0.39, 0.29) is 34.3 Å². The number of hydrogen-bond donors (Lipinski definition) is 1. The first-order valence-electron chi connectivity index (χ1n) is 9.81. The van der Waals surface area contributed by atoms with E-state index in [9.17, 15) is 18.4 Å². The van der Waals surface area contributed by atoms with E-state index in [1.807, 2.05) is 22.6 Å². The van der Waals surface area contributed by atoms with Gasteiger partial charge in [-0.25, -0.2) is 13.8 Å². The number of nitrogens with zero attached hydrogens (tertiary/aromatic N) is 2. The second-order valence-electron chi connectivity index (χ2n) is 7.17. The topological polar surface area (TPSA) is 87.2 Å². The van der Waals surface area contributed by atoms with Crippen molar-refractivity contribution in [2.24, 2.45) is 0 Å². The third kappa shape index (κ3) is 4.95. The molecule has 0 aliphatic rings. The summed E-state index contributed by atoms with van der Waals surface area (Å²) in [6, 6.07) is 12.4. The molecule has 0 amide bonds. The summed E-state index contributed by atoms with van der Waals surface area (Å²) in [7, 11) is 0. The standard InChI is InChI=1S/C24H15ClF2IN3O3/c25-22-20(7-9-30-23(22)29)34-19-6-1-13(11-16(19)27)12-18(32)21-17(28)8-10-31(24(21)33)15-4-2-14(26)3-5-15/h1-11H,12H2,(H2,29,30). The number of ketones is 1. The molecule has 0 aliphatic carbocycles. The van der Waals surface area contributed by atoms with E-state index in [2.05, 4.69) is 4.98 Å². The van der Waals surface area contributed by atoms with Gasteiger partial charge in [0.25, 0.3) is 5.56 Å². The van der Waals surface area contributed by atoms with Gasteiger partial charge in [0.1, 0.15) is 16.7 Å². The molecule has 0 atom stereocenters. The number of ether oxygens (including phenoxy) is 1. The highest BCUT2D eigenvalue weighted by molar-refractivity contribution is 14.1. The molecule has 0 saturated heterocycles. The minimum Gasteiger partial charge on any atom is -0.453 e. The monoisotopic (exact) mass is 593 g/mol. The summed E-state index contributed by atoms with van der Waals surface area (Å²) in [6.07, 6.45) is 2.68. The van der Waals surface area contributed by atoms with Crippen molar-refractivity contribution in [3.8, 4) is 17.2 Å². The van der Waals surface area contributed by atoms with Crippen LogP contribution in [0.2, 0.25) is 5.02 Å². The molecular weight excluding hydrogens is 579 g/mol. The van der Waals surface area contributed by atoms with E-state index in [0.29, 0.717) is 14.8 Å². The molecule has 4 rings (SSSR count). The molecule has 2 heterocycles. The lowest BCUT2D eigenvalue weighted by atomic mass is 10.0. The van der Waals surface area contributed by atoms with Crippen molar-refractivity contribution in [3.05, 3.63) is 109 Å². The Kier molecular flexibility index (Phi) is 6.94. The fourth-order valence-corrected chi connectivity index (χ4v) is 4.06. The van der Waals surface area contributed by atoms with Gasteiger partial charge in [-0.2, -0.15) is 0 Å². The number of nitrogens with two attached hydrogens (primary N) is 1. The summed E-state index contributed by atoms with van der Waals surface area (Å²) >= 11 is 7.93. The van der Waals surface area contributed by atoms with Crippen LogP contribution in [0.25, 0.3) is 5.69 Å². The van der Waals surface area contributed by atoms with Crippen molar-refractivity contribution in [2.45, 2.75) is 6.42 Å². The molecule has 0 fully saturated rings. The molecule has 172 valence electrons. The SMILES string of the molecule is Nc1nccc(Oc2ccc(CC(=O)c3c(I)ccn(-c4ccc(F)cc4)c3=O)cc2F)c1Cl. The van der Waals surface area contributed by atoms with Gasteiger partial charge in [0.05, 0.1) is 5.56 Å². The fourth-order valence-electron chi connectivity index (χ4n) is 3.22. The second kappa shape index (κ2) is 9.90. The first-order valence-corrected chi connectivity index (χ1v) is 11.3. The van der Waals surface area contributed by atoms with Crippen LogP contribution in [0.5, 0.6) is 11.5 Å². The molecule has 2 aromatic carbocycles. The number of Topliss-reactive ketones (excluding diaryl/α,β-unsaturated/α-hetero) is 1. The molecule has 2 N–H and O–H groups in total. The Morgan fingerprint density at radius 2 is 1.82 bits per heavy atom. The van der Waals surface area contributed by atoms with E-state index in [0.717, 1.165) is 6.07 Å². The van der Waals surface area contributed by atoms with Gasteiger partial charge in [0, 0.05) is 34.1 Å². The molecule has 0 bridgehead atoms. The van der Waals surface area contributed by atoms with Crippen molar-refractivity contribution in [1.82, 2.24) is 9.55 Å². The highest BCUT2D eigenvalue weighted by Crippen LogP contribution is 2.33. The number of pyridine rings is 2. The zero-order chi connectivity index (χ0) is 24.4. The predicted octanol–water partition coefficient (Wildman–Crippen LogP) is 5.57. The Bertz CT molecular complexity index is 1460. The minimum absolute atomic E-state index is 0.0350. The van der Waals surface area contributed by atoms with Gasteiger partial charge >= 0.3 is 0 Å². The molecule has 2 aromatic heterocycles. The average Bonchev–Trinajstić information content (AvgIpc) is 2.79. The van der Waals surface area contributed by atoms with Crippen LogP contribution in [-0.4, -0.2) is 15.3 Å². The lowest BCUT2D eigenvalue weighted by molar-refractivity contribution is 0.0990. The predicted molar refractivity (Wildman–Crippen MR) is 133 cm³/mol. The maximum absolute atomic E-state index is 14.7. The van der Waals surface area contributed by atoms with Crippen LogP contribution in [0.3, 0.4) is 0 Å². The van der Waals surface area contributed by atoms with Crippen molar-refractivity contribution in [1.29, 1.82) is 0 Å². The Morgan fingerprint density at radius 1 is 1.09 bits per heavy atom. The lowest BCUT2D eigenvalue weighted by Crippen LogP contribution is -2.27. The average molecular weight is 594 g/mol. The third-order valence-electron chi connectivity index (χ3n) is 4.89. The number of halogens is 4. The van der Waals surface area contributed by atoms with E-state index in [1.165, 1.54) is 59.4 Å². The van der Waals surface area contributed by atoms with Gasteiger partial charge in [0.15, 0.2) is 23.1 Å². The summed E-state index contributed by atoms with van der Waals surface area (Å²) in [5.41, 5.74) is 5.81. The minimum atomic E-state index is -0.719. The number of hydrogen-bond acceptors (Lipinski definition) is 5. The molecule has 0 radical (unpaired) electrons. The number of nitrogen functional groups attached to an aromatic ring is 1. The summed E-state index contributed by atoms with van der Waals surface area (Å²) in [6.45, 7) is 0. The van der Waals surface area contributed by atoms with E-state index in [1.54, 1.807) is 6.07 Å². The van der Waals surface area contributed by atoms with E-state index < -0.39 is 23.0 Å². The van der Waals surface area contributed by atoms with Gasteiger partial charge in [-0.15, -0.1) is 0 Å². The molecule has 10 heteroatoms. The molecule has 0 spiro atoms. The smallest absolute Gasteiger partial charge is 0.267 e. The van der Waals surface area contributed by atoms with Gasteiger partial charge in [-0.05, 0) is 70.6 Å². The summed E-state index contributed by atoms with van der Waals surface area (Å²) < 4.78 is 35.1. The number of anilines is 1. The zero-order valence-electron chi connectivity index (χ0n) is 17.3. The number of carbonyl (C=O) groups is 1. The molecule has 0 saturated carbocycles. The van der Waals surface area contributed by atoms with Crippen LogP contribution >= 0.6 is 34.2 Å². The first kappa shape index (κ1) is 23.8. The number of benzene rings is 2. The summed E-state index contributed by atoms with van der Waals surface area (Å²) in [4.78, 5) is 29.8. The Hall–Kier alpha value is -3.31. The molecular formula is C24H15ClF2IN3O3. The Morgan fingerprint density at radius 3 is 2.53 bits per heavy atom. The van der Waals surface area contributed by atoms with Gasteiger partial charge in [-0.3, -0.25) is 14.2 Å². The zero-order valence-corrected chi connectivity index (χ0v) is 20.2. The normalized spacial score (nSPS) is 10.8. The highest BCUT2D eigenvalue weighted by atomic mass is 127. The van der Waals surface area contributed by atoms with Gasteiger partial charge < -0.3 is 10.5 Å². The van der Waals surface area contributed by atoms with E-state index >= 15 is 0 Å². The maximum atomic E-state index is 14.7. The number of carbonyl (C=O) groups excluding carboxylic acids is 1. The lowest BCUT2D eigenvalue weighted by Gasteiger charge is -2.11. The van der Waals surface area contributed by atoms with Crippen LogP contribution < -0.4 is 16.0 Å². The summed E-state index contributed by atoms with van der Waals surface area (Å²) in [5, 5.41) is 0.0530. The second-order valence-corrected chi connectivity index (χ2v) is 8.71. The van der Waals surface area contributed by atoms with Crippen molar-refractivity contribution >= 4 is 45.8 Å². The Balaban J connectivity index is 1.59.